The van der Waals surface area contributed by atoms with Crippen molar-refractivity contribution in [2.75, 3.05) is 30.9 Å². The van der Waals surface area contributed by atoms with E-state index in [4.69, 9.17) is 4.74 Å². The zero-order valence-electron chi connectivity index (χ0n) is 14.1. The van der Waals surface area contributed by atoms with Gasteiger partial charge in [0.1, 0.15) is 11.6 Å². The van der Waals surface area contributed by atoms with Crippen LogP contribution in [0.1, 0.15) is 5.56 Å². The maximum atomic E-state index is 5.09. The first-order chi connectivity index (χ1) is 12.3. The average molecular weight is 335 g/mol. The van der Waals surface area contributed by atoms with Crippen molar-refractivity contribution >= 4 is 11.6 Å². The number of benzene rings is 1. The molecule has 3 aromatic rings. The SMILES string of the molecule is COCCNc1cc(NCc2cccnc2)nc(-c2ccccc2)n1. The number of nitrogens with one attached hydrogen (secondary N) is 2. The molecule has 0 bridgehead atoms. The monoisotopic (exact) mass is 335 g/mol. The number of pyridine rings is 1. The summed E-state index contributed by atoms with van der Waals surface area (Å²) in [5, 5.41) is 6.61. The van der Waals surface area contributed by atoms with Crippen LogP contribution in [0.4, 0.5) is 11.6 Å². The maximum absolute atomic E-state index is 5.09. The van der Waals surface area contributed by atoms with E-state index < -0.39 is 0 Å². The summed E-state index contributed by atoms with van der Waals surface area (Å²) in [7, 11) is 1.68. The first kappa shape index (κ1) is 16.9. The van der Waals surface area contributed by atoms with E-state index in [-0.39, 0.29) is 0 Å². The Morgan fingerprint density at radius 1 is 0.960 bits per heavy atom. The van der Waals surface area contributed by atoms with Crippen LogP contribution in [0, 0.1) is 0 Å². The Balaban J connectivity index is 1.81. The first-order valence-corrected chi connectivity index (χ1v) is 8.15. The number of methoxy groups -OCH3 is 1. The van der Waals surface area contributed by atoms with Crippen molar-refractivity contribution < 1.29 is 4.74 Å². The van der Waals surface area contributed by atoms with Crippen LogP contribution < -0.4 is 10.6 Å². The second-order valence-electron chi connectivity index (χ2n) is 5.46. The lowest BCUT2D eigenvalue weighted by Crippen LogP contribution is -2.11. The summed E-state index contributed by atoms with van der Waals surface area (Å²) >= 11 is 0. The van der Waals surface area contributed by atoms with Crippen LogP contribution in [0.2, 0.25) is 0 Å². The van der Waals surface area contributed by atoms with E-state index in [1.54, 1.807) is 13.3 Å². The number of rotatable bonds is 8. The summed E-state index contributed by atoms with van der Waals surface area (Å²) in [6.07, 6.45) is 3.60. The second-order valence-corrected chi connectivity index (χ2v) is 5.46. The predicted molar refractivity (Wildman–Crippen MR) is 99.4 cm³/mol. The molecule has 1 aromatic carbocycles. The number of hydrogen-bond acceptors (Lipinski definition) is 6. The number of nitrogens with zero attached hydrogens (tertiary/aromatic N) is 3. The molecule has 3 rings (SSSR count). The lowest BCUT2D eigenvalue weighted by Gasteiger charge is -2.11. The van der Waals surface area contributed by atoms with Crippen molar-refractivity contribution in [1.82, 2.24) is 15.0 Å². The molecular weight excluding hydrogens is 314 g/mol. The smallest absolute Gasteiger partial charge is 0.163 e. The van der Waals surface area contributed by atoms with Crippen LogP contribution in [0.3, 0.4) is 0 Å². The van der Waals surface area contributed by atoms with Crippen molar-refractivity contribution in [3.63, 3.8) is 0 Å². The summed E-state index contributed by atoms with van der Waals surface area (Å²) in [4.78, 5) is 13.4. The molecular formula is C19H21N5O. The Morgan fingerprint density at radius 3 is 2.48 bits per heavy atom. The number of anilines is 2. The molecule has 0 saturated carbocycles. The number of aromatic nitrogens is 3. The van der Waals surface area contributed by atoms with Gasteiger partial charge in [0.2, 0.25) is 0 Å². The van der Waals surface area contributed by atoms with Crippen molar-refractivity contribution in [2.24, 2.45) is 0 Å². The van der Waals surface area contributed by atoms with Gasteiger partial charge in [-0.3, -0.25) is 4.98 Å². The second kappa shape index (κ2) is 8.75. The van der Waals surface area contributed by atoms with Crippen molar-refractivity contribution in [3.8, 4) is 11.4 Å². The fraction of sp³-hybridized carbons (Fsp3) is 0.211. The molecule has 0 aliphatic carbocycles. The van der Waals surface area contributed by atoms with E-state index in [1.165, 1.54) is 0 Å². The van der Waals surface area contributed by atoms with E-state index >= 15 is 0 Å². The third-order valence-corrected chi connectivity index (χ3v) is 3.57. The fourth-order valence-electron chi connectivity index (χ4n) is 2.32. The highest BCUT2D eigenvalue weighted by molar-refractivity contribution is 5.61. The summed E-state index contributed by atoms with van der Waals surface area (Å²) in [6, 6.07) is 15.8. The highest BCUT2D eigenvalue weighted by atomic mass is 16.5. The fourth-order valence-corrected chi connectivity index (χ4v) is 2.32. The third-order valence-electron chi connectivity index (χ3n) is 3.57. The van der Waals surface area contributed by atoms with Gasteiger partial charge in [0.05, 0.1) is 6.61 Å². The van der Waals surface area contributed by atoms with E-state index in [0.717, 1.165) is 22.8 Å². The molecule has 2 N–H and O–H groups in total. The minimum atomic E-state index is 0.614. The zero-order chi connectivity index (χ0) is 17.3. The van der Waals surface area contributed by atoms with Gasteiger partial charge in [-0.1, -0.05) is 36.4 Å². The molecule has 0 aliphatic rings. The molecule has 0 spiro atoms. The molecule has 0 aliphatic heterocycles. The van der Waals surface area contributed by atoms with Crippen LogP contribution in [0.15, 0.2) is 60.9 Å². The van der Waals surface area contributed by atoms with Crippen LogP contribution in [0.25, 0.3) is 11.4 Å². The van der Waals surface area contributed by atoms with Crippen molar-refractivity contribution in [3.05, 3.63) is 66.5 Å². The molecule has 0 unspecified atom stereocenters. The largest absolute Gasteiger partial charge is 0.383 e. The first-order valence-electron chi connectivity index (χ1n) is 8.15. The Kier molecular flexibility index (Phi) is 5.90. The van der Waals surface area contributed by atoms with Gasteiger partial charge in [-0.05, 0) is 11.6 Å². The van der Waals surface area contributed by atoms with Gasteiger partial charge in [-0.25, -0.2) is 9.97 Å². The molecule has 0 fully saturated rings. The van der Waals surface area contributed by atoms with Crippen molar-refractivity contribution in [1.29, 1.82) is 0 Å². The van der Waals surface area contributed by atoms with Gasteiger partial charge in [0.25, 0.3) is 0 Å². The molecule has 2 heterocycles. The highest BCUT2D eigenvalue weighted by Gasteiger charge is 2.07. The van der Waals surface area contributed by atoms with E-state index in [0.29, 0.717) is 25.5 Å². The lowest BCUT2D eigenvalue weighted by atomic mass is 10.2. The Morgan fingerprint density at radius 2 is 1.76 bits per heavy atom. The van der Waals surface area contributed by atoms with Gasteiger partial charge in [0.15, 0.2) is 5.82 Å². The Bertz CT molecular complexity index is 780. The maximum Gasteiger partial charge on any atom is 0.163 e. The molecule has 6 nitrogen and oxygen atoms in total. The Hall–Kier alpha value is -2.99. The lowest BCUT2D eigenvalue weighted by molar-refractivity contribution is 0.210. The van der Waals surface area contributed by atoms with Gasteiger partial charge in [-0.15, -0.1) is 0 Å². The van der Waals surface area contributed by atoms with E-state index in [1.807, 2.05) is 54.7 Å². The van der Waals surface area contributed by atoms with Crippen LogP contribution in [-0.2, 0) is 11.3 Å². The summed E-state index contributed by atoms with van der Waals surface area (Å²) in [6.45, 7) is 1.95. The molecule has 2 aromatic heterocycles. The Labute approximate surface area is 147 Å². The molecule has 0 amide bonds. The normalized spacial score (nSPS) is 10.4. The molecule has 0 atom stereocenters. The number of ether oxygens (including phenoxy) is 1. The standard InChI is InChI=1S/C19H21N5O/c1-25-11-10-21-17-12-18(22-14-15-6-5-9-20-13-15)24-19(23-17)16-7-3-2-4-8-16/h2-9,12-13H,10-11,14H2,1H3,(H2,21,22,23,24). The van der Waals surface area contributed by atoms with Crippen LogP contribution in [-0.4, -0.2) is 35.2 Å². The minimum absolute atomic E-state index is 0.614. The predicted octanol–water partition coefficient (Wildman–Crippen LogP) is 3.21. The van der Waals surface area contributed by atoms with Crippen molar-refractivity contribution in [2.45, 2.75) is 6.54 Å². The molecule has 25 heavy (non-hydrogen) atoms. The molecule has 6 heteroatoms. The topological polar surface area (TPSA) is 72.0 Å². The summed E-state index contributed by atoms with van der Waals surface area (Å²) in [5.41, 5.74) is 2.07. The highest BCUT2D eigenvalue weighted by Crippen LogP contribution is 2.20. The molecule has 0 saturated heterocycles. The molecule has 128 valence electrons. The van der Waals surface area contributed by atoms with E-state index in [2.05, 4.69) is 25.6 Å². The van der Waals surface area contributed by atoms with Crippen LogP contribution in [0.5, 0.6) is 0 Å². The zero-order valence-corrected chi connectivity index (χ0v) is 14.1. The van der Waals surface area contributed by atoms with Crippen LogP contribution >= 0.6 is 0 Å². The summed E-state index contributed by atoms with van der Waals surface area (Å²) in [5.74, 6) is 2.20. The van der Waals surface area contributed by atoms with Gasteiger partial charge in [-0.2, -0.15) is 0 Å². The molecule has 0 radical (unpaired) electrons. The minimum Gasteiger partial charge on any atom is -0.383 e. The number of hydrogen-bond donors (Lipinski definition) is 2. The van der Waals surface area contributed by atoms with Gasteiger partial charge >= 0.3 is 0 Å². The van der Waals surface area contributed by atoms with Gasteiger partial charge < -0.3 is 15.4 Å². The average Bonchev–Trinajstić information content (AvgIpc) is 2.68. The van der Waals surface area contributed by atoms with E-state index in [9.17, 15) is 0 Å². The summed E-state index contributed by atoms with van der Waals surface area (Å²) < 4.78 is 5.09. The quantitative estimate of drug-likeness (QED) is 0.616. The third kappa shape index (κ3) is 4.99. The van der Waals surface area contributed by atoms with Gasteiger partial charge in [0, 0.05) is 44.2 Å².